The largest absolute Gasteiger partial charge is 0 e. The predicted octanol–water partition coefficient (Wildman–Crippen LogP) is 8.75. The molecule has 0 aromatic rings. The summed E-state index contributed by atoms with van der Waals surface area (Å²) in [5.41, 5.74) is 0. The molecule has 0 aliphatic carbocycles. The van der Waals surface area contributed by atoms with Gasteiger partial charge in [-0.3, -0.25) is 0 Å². The maximum Gasteiger partial charge on any atom is 0 e. The summed E-state index contributed by atoms with van der Waals surface area (Å²) in [7, 11) is 0. The van der Waals surface area contributed by atoms with E-state index in [1.165, 1.54) is 45.4 Å². The van der Waals surface area contributed by atoms with Crippen molar-refractivity contribution in [2.45, 2.75) is 114 Å². The molecular formula is C30H60O4Sn. The van der Waals surface area contributed by atoms with Gasteiger partial charge in [0.2, 0.25) is 0 Å². The fourth-order valence-electron chi connectivity index (χ4n) is 3.49. The molecule has 5 heteroatoms. The van der Waals surface area contributed by atoms with Crippen molar-refractivity contribution < 1.29 is 30.0 Å². The number of hydrogen-bond donors (Lipinski definition) is 0. The third-order valence-corrected chi connectivity index (χ3v) is 15.0. The van der Waals surface area contributed by atoms with Gasteiger partial charge in [0, 0.05) is 14.3 Å². The summed E-state index contributed by atoms with van der Waals surface area (Å²) in [4.78, 5) is 24.5. The van der Waals surface area contributed by atoms with Gasteiger partial charge >= 0.3 is 213 Å². The summed E-state index contributed by atoms with van der Waals surface area (Å²) >= 11 is -3.97. The van der Waals surface area contributed by atoms with Crippen molar-refractivity contribution in [3.05, 3.63) is 0 Å². The Labute approximate surface area is 233 Å². The Balaban J connectivity index is -0.000000128. The van der Waals surface area contributed by atoms with Gasteiger partial charge in [0.25, 0.3) is 0 Å². The van der Waals surface area contributed by atoms with Crippen LogP contribution in [0.2, 0.25) is 8.87 Å². The minimum Gasteiger partial charge on any atom is 0 e. The van der Waals surface area contributed by atoms with Gasteiger partial charge in [-0.15, -0.1) is 0 Å². The van der Waals surface area contributed by atoms with Crippen LogP contribution in [0, 0.1) is 59.2 Å². The summed E-state index contributed by atoms with van der Waals surface area (Å²) in [6.45, 7) is 7.47. The Hall–Kier alpha value is -2.46. The van der Waals surface area contributed by atoms with Gasteiger partial charge in [-0.1, -0.05) is 0 Å². The molecule has 0 aromatic heterocycles. The summed E-state index contributed by atoms with van der Waals surface area (Å²) in [6, 6.07) is 0. The van der Waals surface area contributed by atoms with Gasteiger partial charge in [0.15, 0.2) is 0 Å². The molecule has 0 fully saturated rings. The molecule has 0 aliphatic rings. The second kappa shape index (κ2) is 23.3. The van der Waals surface area contributed by atoms with Crippen molar-refractivity contribution in [3.8, 4) is 59.2 Å². The molecule has 0 N–H and O–H groups in total. The normalized spacial score (nSPS) is 9.26. The van der Waals surface area contributed by atoms with Gasteiger partial charge < -0.3 is 0 Å². The number of carbonyl (C=O) groups is 2. The van der Waals surface area contributed by atoms with Gasteiger partial charge in [-0.2, -0.15) is 0 Å². The van der Waals surface area contributed by atoms with Crippen LogP contribution in [-0.2, 0) is 15.7 Å². The van der Waals surface area contributed by atoms with Crippen LogP contribution >= 0.6 is 0 Å². The van der Waals surface area contributed by atoms with E-state index in [1.54, 1.807) is 6.92 Å². The van der Waals surface area contributed by atoms with E-state index in [4.69, 9.17) is 6.15 Å². The first-order chi connectivity index (χ1) is 17.0. The van der Waals surface area contributed by atoms with Crippen molar-refractivity contribution in [3.63, 3.8) is 0 Å². The van der Waals surface area contributed by atoms with E-state index >= 15 is 0 Å². The van der Waals surface area contributed by atoms with Crippen LogP contribution in [-0.4, -0.2) is 31.1 Å². The minimum atomic E-state index is -3.97. The third-order valence-electron chi connectivity index (χ3n) is 5.16. The Morgan fingerprint density at radius 2 is 1.06 bits per heavy atom. The van der Waals surface area contributed by atoms with Gasteiger partial charge in [-0.05, 0) is 6.92 Å². The minimum absolute atomic E-state index is 0. The summed E-state index contributed by atoms with van der Waals surface area (Å²) in [5.74, 6) is 24.2. The molecule has 0 spiro atoms. The van der Waals surface area contributed by atoms with Crippen LogP contribution in [0.4, 0.5) is 0 Å². The van der Waals surface area contributed by atoms with E-state index in [9.17, 15) is 9.59 Å². The van der Waals surface area contributed by atoms with E-state index in [0.717, 1.165) is 38.5 Å². The third kappa shape index (κ3) is 20.6. The molecule has 0 unspecified atom stereocenters. The smallest absolute Gasteiger partial charge is 0 e. The van der Waals surface area contributed by atoms with Crippen molar-refractivity contribution in [2.24, 2.45) is 0 Å². The Kier molecular flexibility index (Phi) is 21.7. The number of carbonyl (C=O) groups excluding carboxylic acids is 2. The molecule has 0 radical (unpaired) electrons. The quantitative estimate of drug-likeness (QED) is 0.101. The first kappa shape index (κ1) is 32.5. The first-order valence-electron chi connectivity index (χ1n) is 12.8. The van der Waals surface area contributed by atoms with Crippen LogP contribution in [0.25, 0.3) is 0 Å². The molecule has 0 heterocycles. The SMILES string of the molecule is CC#CC#CC#CC#CC#CC(=O)[O][Sn]([CH2]CCCCCCC)([CH2]CCCCCCC)[O]C(C)=O.[HH].[HH].[HH].[HH].[HH].[HH].[HH].[HH].[HH].[HH]. The topological polar surface area (TPSA) is 52.6 Å². The Bertz CT molecular complexity index is 957. The zero-order valence-electron chi connectivity index (χ0n) is 22.0. The van der Waals surface area contributed by atoms with Crippen molar-refractivity contribution in [1.29, 1.82) is 0 Å². The maximum absolute atomic E-state index is 12.5. The standard InChI is InChI=1S/C12H4O2.2C8H17.C2H4O2.Sn.10H2/c1-2-3-4-5-6-7-8-9-10-11-12(13)14;2*1-3-5-7-8-6-4-2;1-2(3)4;;;;;;;;;;;/h1H3,(H,13,14);2*1,3-8H2,2H3;1H3,(H,3,4);;10*1H/q;;;;+2;;;;;;;;;;/p-2. The van der Waals surface area contributed by atoms with Crippen molar-refractivity contribution >= 4 is 31.1 Å². The van der Waals surface area contributed by atoms with Crippen molar-refractivity contribution in [1.82, 2.24) is 0 Å². The molecule has 0 bridgehead atoms. The van der Waals surface area contributed by atoms with Crippen LogP contribution in [0.3, 0.4) is 0 Å². The summed E-state index contributed by atoms with van der Waals surface area (Å²) < 4.78 is 13.1. The van der Waals surface area contributed by atoms with Crippen LogP contribution in [0.15, 0.2) is 0 Å². The summed E-state index contributed by atoms with van der Waals surface area (Å²) in [6.07, 6.45) is 13.5. The first-order valence-corrected chi connectivity index (χ1v) is 19.2. The second-order valence-corrected chi connectivity index (χ2v) is 17.5. The molecule has 0 aromatic carbocycles. The zero-order valence-corrected chi connectivity index (χ0v) is 24.9. The predicted molar refractivity (Wildman–Crippen MR) is 166 cm³/mol. The van der Waals surface area contributed by atoms with Gasteiger partial charge in [-0.25, -0.2) is 0 Å². The van der Waals surface area contributed by atoms with E-state index in [0.29, 0.717) is 8.87 Å². The number of rotatable bonds is 16. The van der Waals surface area contributed by atoms with Gasteiger partial charge in [0.1, 0.15) is 0 Å². The van der Waals surface area contributed by atoms with E-state index in [1.807, 2.05) is 0 Å². The van der Waals surface area contributed by atoms with Crippen LogP contribution in [0.5, 0.6) is 0 Å². The Morgan fingerprint density at radius 3 is 1.51 bits per heavy atom. The van der Waals surface area contributed by atoms with E-state index in [-0.39, 0.29) is 20.2 Å². The average molecular weight is 604 g/mol. The molecule has 0 amide bonds. The molecule has 4 nitrogen and oxygen atoms in total. The molecule has 0 atom stereocenters. The second-order valence-electron chi connectivity index (χ2n) is 8.30. The van der Waals surface area contributed by atoms with Gasteiger partial charge in [0.05, 0.1) is 0 Å². The van der Waals surface area contributed by atoms with Crippen LogP contribution < -0.4 is 0 Å². The van der Waals surface area contributed by atoms with E-state index in [2.05, 4.69) is 73.1 Å². The maximum atomic E-state index is 12.5. The average Bonchev–Trinajstić information content (AvgIpc) is 2.82. The molecular weight excluding hydrogens is 543 g/mol. The van der Waals surface area contributed by atoms with Crippen LogP contribution in [0.1, 0.15) is 119 Å². The molecule has 35 heavy (non-hydrogen) atoms. The fraction of sp³-hybridized carbons (Fsp3) is 0.600. The Morgan fingerprint density at radius 1 is 0.629 bits per heavy atom. The fourth-order valence-corrected chi connectivity index (χ4v) is 12.6. The summed E-state index contributed by atoms with van der Waals surface area (Å²) in [5, 5.41) is 0. The zero-order chi connectivity index (χ0) is 26.0. The molecule has 0 aliphatic heterocycles. The molecule has 208 valence electrons. The molecule has 0 saturated heterocycles. The molecule has 0 saturated carbocycles. The molecule has 0 rings (SSSR count). The van der Waals surface area contributed by atoms with E-state index < -0.39 is 25.2 Å². The van der Waals surface area contributed by atoms with Crippen molar-refractivity contribution in [2.75, 3.05) is 0 Å². The number of hydrogen-bond acceptors (Lipinski definition) is 4. The number of unbranched alkanes of at least 4 members (excludes halogenated alkanes) is 10. The monoisotopic (exact) mass is 604 g/mol.